The molecular formula is C16H22N2O3. The molecule has 0 spiro atoms. The van der Waals surface area contributed by atoms with Crippen LogP contribution in [0, 0.1) is 5.92 Å². The number of nitrogens with one attached hydrogen (secondary N) is 1. The van der Waals surface area contributed by atoms with Crippen LogP contribution in [0.25, 0.3) is 0 Å². The van der Waals surface area contributed by atoms with Gasteiger partial charge < -0.3 is 15.3 Å². The van der Waals surface area contributed by atoms with E-state index in [0.29, 0.717) is 13.1 Å². The second kappa shape index (κ2) is 7.78. The molecule has 0 radical (unpaired) electrons. The molecule has 2 rings (SSSR count). The van der Waals surface area contributed by atoms with Crippen LogP contribution >= 0.6 is 0 Å². The van der Waals surface area contributed by atoms with Crippen LogP contribution in [-0.4, -0.2) is 41.5 Å². The Morgan fingerprint density at radius 2 is 2.05 bits per heavy atom. The molecule has 1 amide bonds. The van der Waals surface area contributed by atoms with Crippen LogP contribution in [0.1, 0.15) is 24.8 Å². The Labute approximate surface area is 125 Å². The van der Waals surface area contributed by atoms with E-state index in [9.17, 15) is 9.59 Å². The maximum absolute atomic E-state index is 12.6. The number of carbonyl (C=O) groups excluding carboxylic acids is 1. The first-order valence-electron chi connectivity index (χ1n) is 7.42. The summed E-state index contributed by atoms with van der Waals surface area (Å²) in [6.07, 6.45) is 1.86. The van der Waals surface area contributed by atoms with Gasteiger partial charge in [0.05, 0.1) is 12.3 Å². The van der Waals surface area contributed by atoms with Crippen molar-refractivity contribution >= 4 is 11.9 Å². The van der Waals surface area contributed by atoms with E-state index in [-0.39, 0.29) is 24.8 Å². The molecule has 0 aliphatic carbocycles. The van der Waals surface area contributed by atoms with Gasteiger partial charge in [0.25, 0.3) is 0 Å². The number of carboxylic acids is 1. The molecule has 0 bridgehead atoms. The Balaban J connectivity index is 2.03. The molecule has 5 heteroatoms. The highest BCUT2D eigenvalue weighted by molar-refractivity contribution is 5.79. The summed E-state index contributed by atoms with van der Waals surface area (Å²) in [6, 6.07) is 9.70. The molecule has 1 aromatic rings. The zero-order valence-electron chi connectivity index (χ0n) is 12.1. The molecular weight excluding hydrogens is 268 g/mol. The van der Waals surface area contributed by atoms with Crippen molar-refractivity contribution in [1.29, 1.82) is 0 Å². The third kappa shape index (κ3) is 4.86. The Kier molecular flexibility index (Phi) is 5.75. The van der Waals surface area contributed by atoms with E-state index in [4.69, 9.17) is 5.11 Å². The highest BCUT2D eigenvalue weighted by Gasteiger charge is 2.26. The third-order valence-corrected chi connectivity index (χ3v) is 3.77. The molecule has 1 unspecified atom stereocenters. The summed E-state index contributed by atoms with van der Waals surface area (Å²) >= 11 is 0. The van der Waals surface area contributed by atoms with Crippen molar-refractivity contribution in [3.63, 3.8) is 0 Å². The quantitative estimate of drug-likeness (QED) is 0.833. The van der Waals surface area contributed by atoms with Crippen molar-refractivity contribution in [2.24, 2.45) is 5.92 Å². The second-order valence-electron chi connectivity index (χ2n) is 5.43. The number of rotatable bonds is 6. The fraction of sp³-hybridized carbons (Fsp3) is 0.500. The Morgan fingerprint density at radius 3 is 2.67 bits per heavy atom. The smallest absolute Gasteiger partial charge is 0.305 e. The number of amides is 1. The predicted molar refractivity (Wildman–Crippen MR) is 79.7 cm³/mol. The first-order valence-corrected chi connectivity index (χ1v) is 7.42. The number of piperidine rings is 1. The summed E-state index contributed by atoms with van der Waals surface area (Å²) < 4.78 is 0. The van der Waals surface area contributed by atoms with E-state index in [0.717, 1.165) is 24.9 Å². The van der Waals surface area contributed by atoms with Gasteiger partial charge in [-0.05, 0) is 24.9 Å². The monoisotopic (exact) mass is 290 g/mol. The van der Waals surface area contributed by atoms with Crippen LogP contribution in [0.2, 0.25) is 0 Å². The molecule has 1 aromatic carbocycles. The molecule has 114 valence electrons. The van der Waals surface area contributed by atoms with Gasteiger partial charge in [0.15, 0.2) is 0 Å². The lowest BCUT2D eigenvalue weighted by atomic mass is 9.97. The summed E-state index contributed by atoms with van der Waals surface area (Å²) in [4.78, 5) is 25.1. The van der Waals surface area contributed by atoms with E-state index in [1.54, 1.807) is 4.90 Å². The first-order chi connectivity index (χ1) is 10.2. The molecule has 1 heterocycles. The zero-order valence-corrected chi connectivity index (χ0v) is 12.1. The SMILES string of the molecule is O=C(O)CCN(Cc1ccccc1)C(=O)C1CCCNC1. The highest BCUT2D eigenvalue weighted by Crippen LogP contribution is 2.16. The lowest BCUT2D eigenvalue weighted by Crippen LogP contribution is -2.43. The Morgan fingerprint density at radius 1 is 1.29 bits per heavy atom. The van der Waals surface area contributed by atoms with E-state index in [2.05, 4.69) is 5.32 Å². The molecule has 0 saturated carbocycles. The van der Waals surface area contributed by atoms with Crippen molar-refractivity contribution in [2.75, 3.05) is 19.6 Å². The topological polar surface area (TPSA) is 69.6 Å². The predicted octanol–water partition coefficient (Wildman–Crippen LogP) is 1.49. The van der Waals surface area contributed by atoms with Crippen LogP contribution in [-0.2, 0) is 16.1 Å². The molecule has 2 N–H and O–H groups in total. The summed E-state index contributed by atoms with van der Waals surface area (Å²) in [5.74, 6) is -0.841. The maximum atomic E-state index is 12.6. The summed E-state index contributed by atoms with van der Waals surface area (Å²) in [5.41, 5.74) is 1.03. The largest absolute Gasteiger partial charge is 0.481 e. The number of benzene rings is 1. The number of carboxylic acid groups (broad SMARTS) is 1. The van der Waals surface area contributed by atoms with Gasteiger partial charge in [-0.15, -0.1) is 0 Å². The van der Waals surface area contributed by atoms with Gasteiger partial charge in [0.2, 0.25) is 5.91 Å². The normalized spacial score (nSPS) is 18.2. The number of nitrogens with zero attached hydrogens (tertiary/aromatic N) is 1. The number of hydrogen-bond acceptors (Lipinski definition) is 3. The fourth-order valence-electron chi connectivity index (χ4n) is 2.62. The second-order valence-corrected chi connectivity index (χ2v) is 5.43. The van der Waals surface area contributed by atoms with Crippen molar-refractivity contribution in [2.45, 2.75) is 25.8 Å². The molecule has 1 fully saturated rings. The molecule has 1 aliphatic heterocycles. The molecule has 1 saturated heterocycles. The Bertz CT molecular complexity index is 470. The Hall–Kier alpha value is -1.88. The third-order valence-electron chi connectivity index (χ3n) is 3.77. The fourth-order valence-corrected chi connectivity index (χ4v) is 2.62. The average molecular weight is 290 g/mol. The molecule has 5 nitrogen and oxygen atoms in total. The summed E-state index contributed by atoms with van der Waals surface area (Å²) in [5, 5.41) is 12.1. The van der Waals surface area contributed by atoms with Gasteiger partial charge in [-0.2, -0.15) is 0 Å². The molecule has 21 heavy (non-hydrogen) atoms. The number of hydrogen-bond donors (Lipinski definition) is 2. The minimum atomic E-state index is -0.873. The standard InChI is InChI=1S/C16H22N2O3/c19-15(20)8-10-18(12-13-5-2-1-3-6-13)16(21)14-7-4-9-17-11-14/h1-3,5-6,14,17H,4,7-12H2,(H,19,20). The average Bonchev–Trinajstić information content (AvgIpc) is 2.52. The van der Waals surface area contributed by atoms with Crippen LogP contribution in [0.3, 0.4) is 0 Å². The van der Waals surface area contributed by atoms with Crippen molar-refractivity contribution in [3.8, 4) is 0 Å². The van der Waals surface area contributed by atoms with Crippen LogP contribution in [0.15, 0.2) is 30.3 Å². The summed E-state index contributed by atoms with van der Waals surface area (Å²) in [7, 11) is 0. The first kappa shape index (κ1) is 15.5. The van der Waals surface area contributed by atoms with E-state index in [1.165, 1.54) is 0 Å². The van der Waals surface area contributed by atoms with Crippen LogP contribution in [0.5, 0.6) is 0 Å². The van der Waals surface area contributed by atoms with Gasteiger partial charge in [0.1, 0.15) is 0 Å². The van der Waals surface area contributed by atoms with Gasteiger partial charge in [-0.25, -0.2) is 0 Å². The lowest BCUT2D eigenvalue weighted by Gasteiger charge is -2.29. The van der Waals surface area contributed by atoms with Gasteiger partial charge >= 0.3 is 5.97 Å². The highest BCUT2D eigenvalue weighted by atomic mass is 16.4. The zero-order chi connectivity index (χ0) is 15.1. The lowest BCUT2D eigenvalue weighted by molar-refractivity contribution is -0.140. The van der Waals surface area contributed by atoms with E-state index >= 15 is 0 Å². The minimum Gasteiger partial charge on any atom is -0.481 e. The van der Waals surface area contributed by atoms with Gasteiger partial charge in [-0.3, -0.25) is 9.59 Å². The van der Waals surface area contributed by atoms with E-state index in [1.807, 2.05) is 30.3 Å². The van der Waals surface area contributed by atoms with Crippen LogP contribution < -0.4 is 5.32 Å². The maximum Gasteiger partial charge on any atom is 0.305 e. The summed E-state index contributed by atoms with van der Waals surface area (Å²) in [6.45, 7) is 2.39. The van der Waals surface area contributed by atoms with Crippen molar-refractivity contribution < 1.29 is 14.7 Å². The number of aliphatic carboxylic acids is 1. The van der Waals surface area contributed by atoms with E-state index < -0.39 is 5.97 Å². The van der Waals surface area contributed by atoms with Crippen molar-refractivity contribution in [1.82, 2.24) is 10.2 Å². The molecule has 1 aliphatic rings. The number of carbonyl (C=O) groups is 2. The van der Waals surface area contributed by atoms with Crippen molar-refractivity contribution in [3.05, 3.63) is 35.9 Å². The molecule has 0 aromatic heterocycles. The van der Waals surface area contributed by atoms with Crippen LogP contribution in [0.4, 0.5) is 0 Å². The minimum absolute atomic E-state index is 0.0152. The van der Waals surface area contributed by atoms with Gasteiger partial charge in [-0.1, -0.05) is 30.3 Å². The molecule has 1 atom stereocenters. The van der Waals surface area contributed by atoms with Gasteiger partial charge in [0, 0.05) is 19.6 Å².